The predicted octanol–water partition coefficient (Wildman–Crippen LogP) is 6.06. The van der Waals surface area contributed by atoms with E-state index in [0.717, 1.165) is 33.1 Å². The molecule has 51 heavy (non-hydrogen) atoms. The number of aromatic nitrogens is 2. The van der Waals surface area contributed by atoms with Gasteiger partial charge >= 0.3 is 12.1 Å². The Kier molecular flexibility index (Phi) is 15.4. The van der Waals surface area contributed by atoms with E-state index in [1.807, 2.05) is 79.9 Å². The van der Waals surface area contributed by atoms with E-state index < -0.39 is 36.2 Å². The molecule has 0 aliphatic carbocycles. The first-order chi connectivity index (χ1) is 24.5. The van der Waals surface area contributed by atoms with Crippen molar-refractivity contribution in [2.75, 3.05) is 7.05 Å². The van der Waals surface area contributed by atoms with Crippen LogP contribution in [0, 0.1) is 5.92 Å². The van der Waals surface area contributed by atoms with Gasteiger partial charge in [0.25, 0.3) is 5.91 Å². The molecular weight excluding hydrogens is 687 g/mol. The van der Waals surface area contributed by atoms with Crippen LogP contribution in [-0.2, 0) is 35.5 Å². The molecule has 274 valence electrons. The third-order valence-corrected chi connectivity index (χ3v) is 10.1. The fourth-order valence-corrected chi connectivity index (χ4v) is 6.66. The van der Waals surface area contributed by atoms with Crippen LogP contribution < -0.4 is 16.2 Å². The van der Waals surface area contributed by atoms with Gasteiger partial charge in [0, 0.05) is 24.5 Å². The highest BCUT2D eigenvalue weighted by molar-refractivity contribution is 7.09. The lowest BCUT2D eigenvalue weighted by molar-refractivity contribution is -0.133. The van der Waals surface area contributed by atoms with E-state index in [1.54, 1.807) is 30.1 Å². The SMILES string of the molecule is CC(C)c1nc(CN(C)C(=O)N[C@H](C(=O)NN(NC(=O)OCc2cncs2)C(Cc2ccccc2)C(O)CCCc2ccccc2)C(C)C)cs1. The zero-order chi connectivity index (χ0) is 36.8. The van der Waals surface area contributed by atoms with Crippen LogP contribution >= 0.6 is 22.7 Å². The average molecular weight is 736 g/mol. The summed E-state index contributed by atoms with van der Waals surface area (Å²) >= 11 is 2.90. The van der Waals surface area contributed by atoms with Crippen molar-refractivity contribution in [3.8, 4) is 0 Å². The van der Waals surface area contributed by atoms with Gasteiger partial charge in [-0.15, -0.1) is 27.8 Å². The van der Waals surface area contributed by atoms with Crippen LogP contribution in [0.3, 0.4) is 0 Å². The number of aliphatic hydroxyl groups is 1. The van der Waals surface area contributed by atoms with Crippen molar-refractivity contribution in [1.29, 1.82) is 0 Å². The molecular formula is C37H49N7O5S2. The van der Waals surface area contributed by atoms with Crippen molar-refractivity contribution in [3.63, 3.8) is 0 Å². The topological polar surface area (TPSA) is 149 Å². The van der Waals surface area contributed by atoms with Crippen molar-refractivity contribution in [2.24, 2.45) is 5.92 Å². The molecule has 0 bridgehead atoms. The van der Waals surface area contributed by atoms with Gasteiger partial charge in [0.2, 0.25) is 0 Å². The van der Waals surface area contributed by atoms with Gasteiger partial charge in [-0.05, 0) is 42.7 Å². The molecule has 0 aliphatic rings. The number of nitrogens with one attached hydrogen (secondary N) is 3. The Morgan fingerprint density at radius 1 is 0.941 bits per heavy atom. The lowest BCUT2D eigenvalue weighted by Gasteiger charge is -2.36. The Hall–Kier alpha value is -4.37. The summed E-state index contributed by atoms with van der Waals surface area (Å²) in [5.74, 6) is -0.607. The van der Waals surface area contributed by atoms with Gasteiger partial charge in [-0.1, -0.05) is 88.4 Å². The number of carbonyl (C=O) groups is 3. The van der Waals surface area contributed by atoms with Gasteiger partial charge in [-0.3, -0.25) is 15.2 Å². The van der Waals surface area contributed by atoms with E-state index in [-0.39, 0.29) is 31.4 Å². The number of amides is 4. The molecule has 0 fully saturated rings. The summed E-state index contributed by atoms with van der Waals surface area (Å²) in [5.41, 5.74) is 9.93. The van der Waals surface area contributed by atoms with Crippen molar-refractivity contribution >= 4 is 40.7 Å². The molecule has 2 aromatic heterocycles. The van der Waals surface area contributed by atoms with Crippen LogP contribution in [0.5, 0.6) is 0 Å². The zero-order valence-corrected chi connectivity index (χ0v) is 31.5. The summed E-state index contributed by atoms with van der Waals surface area (Å²) in [6.07, 6.45) is 1.91. The Labute approximate surface area is 308 Å². The second-order valence-corrected chi connectivity index (χ2v) is 14.9. The van der Waals surface area contributed by atoms with E-state index in [1.165, 1.54) is 21.4 Å². The van der Waals surface area contributed by atoms with Crippen molar-refractivity contribution in [2.45, 2.75) is 90.6 Å². The van der Waals surface area contributed by atoms with E-state index in [2.05, 4.69) is 40.0 Å². The molecule has 0 radical (unpaired) electrons. The molecule has 12 nitrogen and oxygen atoms in total. The Balaban J connectivity index is 1.53. The number of aliphatic hydroxyl groups excluding tert-OH is 1. The summed E-state index contributed by atoms with van der Waals surface area (Å²) in [6.45, 7) is 8.03. The highest BCUT2D eigenvalue weighted by Gasteiger charge is 2.33. The van der Waals surface area contributed by atoms with Gasteiger partial charge < -0.3 is 20.1 Å². The molecule has 4 aromatic rings. The largest absolute Gasteiger partial charge is 0.443 e. The van der Waals surface area contributed by atoms with Crippen LogP contribution in [0.1, 0.15) is 73.2 Å². The predicted molar refractivity (Wildman–Crippen MR) is 200 cm³/mol. The molecule has 2 aromatic carbocycles. The van der Waals surface area contributed by atoms with Gasteiger partial charge in [-0.25, -0.2) is 20.0 Å². The van der Waals surface area contributed by atoms with Crippen LogP contribution in [0.2, 0.25) is 0 Å². The maximum atomic E-state index is 14.0. The summed E-state index contributed by atoms with van der Waals surface area (Å²) in [4.78, 5) is 51.4. The lowest BCUT2D eigenvalue weighted by Crippen LogP contribution is -2.65. The summed E-state index contributed by atoms with van der Waals surface area (Å²) in [7, 11) is 1.65. The van der Waals surface area contributed by atoms with Crippen molar-refractivity contribution in [3.05, 3.63) is 104 Å². The minimum Gasteiger partial charge on any atom is -0.443 e. The Morgan fingerprint density at radius 3 is 2.24 bits per heavy atom. The van der Waals surface area contributed by atoms with Crippen molar-refractivity contribution < 1.29 is 24.2 Å². The van der Waals surface area contributed by atoms with Crippen molar-refractivity contribution in [1.82, 2.24) is 36.2 Å². The van der Waals surface area contributed by atoms with Gasteiger partial charge in [0.15, 0.2) is 0 Å². The Bertz CT molecular complexity index is 1640. The summed E-state index contributed by atoms with van der Waals surface area (Å²) < 4.78 is 5.46. The van der Waals surface area contributed by atoms with E-state index in [9.17, 15) is 19.5 Å². The number of ether oxygens (including phenoxy) is 1. The number of nitrogens with zero attached hydrogens (tertiary/aromatic N) is 4. The van der Waals surface area contributed by atoms with E-state index in [0.29, 0.717) is 12.8 Å². The minimum absolute atomic E-state index is 0.0179. The molecule has 0 aliphatic heterocycles. The third kappa shape index (κ3) is 12.7. The molecule has 3 atom stereocenters. The molecule has 0 saturated carbocycles. The molecule has 14 heteroatoms. The molecule has 0 saturated heterocycles. The smallest absolute Gasteiger partial charge is 0.423 e. The number of rotatable bonds is 18. The summed E-state index contributed by atoms with van der Waals surface area (Å²) in [6, 6.07) is 17.3. The summed E-state index contributed by atoms with van der Waals surface area (Å²) in [5, 5.41) is 18.7. The maximum absolute atomic E-state index is 14.0. The third-order valence-electron chi connectivity index (χ3n) is 8.18. The fraction of sp³-hybridized carbons (Fsp3) is 0.432. The zero-order valence-electron chi connectivity index (χ0n) is 29.8. The second-order valence-electron chi connectivity index (χ2n) is 13.1. The van der Waals surface area contributed by atoms with Gasteiger partial charge in [0.1, 0.15) is 12.6 Å². The molecule has 0 spiro atoms. The number of hydrogen-bond donors (Lipinski definition) is 4. The van der Waals surface area contributed by atoms with Crippen LogP contribution in [0.25, 0.3) is 0 Å². The van der Waals surface area contributed by atoms with Gasteiger partial charge in [-0.2, -0.15) is 0 Å². The molecule has 4 amide bonds. The molecule has 2 heterocycles. The first-order valence-electron chi connectivity index (χ1n) is 17.1. The van der Waals surface area contributed by atoms with Crippen LogP contribution in [0.4, 0.5) is 9.59 Å². The first-order valence-corrected chi connectivity index (χ1v) is 18.9. The highest BCUT2D eigenvalue weighted by atomic mass is 32.1. The quantitative estimate of drug-likeness (QED) is 0.0902. The average Bonchev–Trinajstić information content (AvgIpc) is 3.82. The monoisotopic (exact) mass is 735 g/mol. The number of urea groups is 1. The molecule has 4 rings (SSSR count). The van der Waals surface area contributed by atoms with E-state index in [4.69, 9.17) is 4.74 Å². The number of aryl methyl sites for hydroxylation is 1. The normalized spacial score (nSPS) is 13.1. The number of benzene rings is 2. The second kappa shape index (κ2) is 19.9. The molecule has 4 N–H and O–H groups in total. The number of hydrazine groups is 2. The van der Waals surface area contributed by atoms with E-state index >= 15 is 0 Å². The van der Waals surface area contributed by atoms with Crippen LogP contribution in [0.15, 0.2) is 77.8 Å². The van der Waals surface area contributed by atoms with Crippen LogP contribution in [-0.4, -0.2) is 68.4 Å². The van der Waals surface area contributed by atoms with Gasteiger partial charge in [0.05, 0.1) is 39.8 Å². The maximum Gasteiger partial charge on any atom is 0.423 e. The number of hydrogen-bond acceptors (Lipinski definition) is 10. The fourth-order valence-electron chi connectivity index (χ4n) is 5.32. The number of carbonyl (C=O) groups excluding carboxylic acids is 3. The lowest BCUT2D eigenvalue weighted by atomic mass is 9.96. The standard InChI is InChI=1S/C37H49N7O5S2/c1-25(2)33(40-36(47)43(5)21-29-23-50-35(39-29)26(3)4)34(46)41-44(42-37(48)49-22-30-20-38-24-51-30)31(19-28-15-10-7-11-16-28)32(45)18-12-17-27-13-8-6-9-14-27/h6-11,13-16,20,23-26,31-33,45H,12,17-19,21-22H2,1-5H3,(H,40,47)(H,41,46)(H,42,48)/t31?,32?,33-/m0/s1. The minimum atomic E-state index is -0.980. The molecule has 2 unspecified atom stereocenters. The highest BCUT2D eigenvalue weighted by Crippen LogP contribution is 2.20. The number of thiazole rings is 2. The first kappa shape index (κ1) is 39.4. The Morgan fingerprint density at radius 2 is 1.63 bits per heavy atom.